The number of carbonyl (C=O) groups excluding carboxylic acids is 1. The van der Waals surface area contributed by atoms with Crippen molar-refractivity contribution in [1.82, 2.24) is 25.1 Å². The van der Waals surface area contributed by atoms with Crippen LogP contribution in [-0.2, 0) is 22.6 Å². The van der Waals surface area contributed by atoms with E-state index in [9.17, 15) is 4.79 Å². The van der Waals surface area contributed by atoms with Crippen LogP contribution in [-0.4, -0.2) is 50.2 Å². The molecule has 4 rings (SSSR count). The summed E-state index contributed by atoms with van der Waals surface area (Å²) in [5.74, 6) is 0.801. The number of hydrogen-bond acceptors (Lipinski definition) is 6. The second-order valence-corrected chi connectivity index (χ2v) is 6.19. The summed E-state index contributed by atoms with van der Waals surface area (Å²) in [6.45, 7) is 5.55. The number of hydrogen-bond donors (Lipinski definition) is 0. The molecular weight excluding hydrogens is 298 g/mol. The summed E-state index contributed by atoms with van der Waals surface area (Å²) < 4.78 is 12.9. The van der Waals surface area contributed by atoms with E-state index in [2.05, 4.69) is 15.5 Å². The number of carbonyl (C=O) groups is 1. The van der Waals surface area contributed by atoms with Crippen LogP contribution >= 0.6 is 0 Å². The van der Waals surface area contributed by atoms with Gasteiger partial charge >= 0.3 is 0 Å². The van der Waals surface area contributed by atoms with Gasteiger partial charge in [-0.1, -0.05) is 10.4 Å². The lowest BCUT2D eigenvalue weighted by molar-refractivity contribution is -0.137. The highest BCUT2D eigenvalue weighted by molar-refractivity contribution is 5.79. The van der Waals surface area contributed by atoms with E-state index in [-0.39, 0.29) is 18.1 Å². The SMILES string of the molecule is Cc1noc(C)c1CC(=O)N1CC[C@H]2OCc3cnnn3[C@@H]2C1. The van der Waals surface area contributed by atoms with Crippen LogP contribution in [0.2, 0.25) is 0 Å². The smallest absolute Gasteiger partial charge is 0.227 e. The monoisotopic (exact) mass is 317 g/mol. The fraction of sp³-hybridized carbons (Fsp3) is 0.600. The lowest BCUT2D eigenvalue weighted by Gasteiger charge is -2.41. The van der Waals surface area contributed by atoms with Crippen molar-refractivity contribution in [2.75, 3.05) is 13.1 Å². The van der Waals surface area contributed by atoms with Gasteiger partial charge in [0.2, 0.25) is 5.91 Å². The highest BCUT2D eigenvalue weighted by Gasteiger charge is 2.37. The Morgan fingerprint density at radius 3 is 3.09 bits per heavy atom. The molecule has 0 bridgehead atoms. The second-order valence-electron chi connectivity index (χ2n) is 6.19. The van der Waals surface area contributed by atoms with Gasteiger partial charge in [-0.3, -0.25) is 4.79 Å². The van der Waals surface area contributed by atoms with Gasteiger partial charge < -0.3 is 14.2 Å². The van der Waals surface area contributed by atoms with Crippen LogP contribution in [0.3, 0.4) is 0 Å². The first-order valence-corrected chi connectivity index (χ1v) is 7.83. The van der Waals surface area contributed by atoms with Crippen LogP contribution in [0.15, 0.2) is 10.7 Å². The van der Waals surface area contributed by atoms with Gasteiger partial charge in [-0.15, -0.1) is 5.10 Å². The Bertz CT molecular complexity index is 718. The van der Waals surface area contributed by atoms with Gasteiger partial charge in [-0.05, 0) is 20.3 Å². The van der Waals surface area contributed by atoms with Crippen molar-refractivity contribution in [3.63, 3.8) is 0 Å². The molecule has 2 aliphatic rings. The normalized spacial score (nSPS) is 23.5. The molecule has 1 saturated heterocycles. The third kappa shape index (κ3) is 2.42. The lowest BCUT2D eigenvalue weighted by Crippen LogP contribution is -2.50. The molecule has 2 aromatic heterocycles. The Kier molecular flexibility index (Phi) is 3.41. The van der Waals surface area contributed by atoms with E-state index in [1.54, 1.807) is 6.20 Å². The number of fused-ring (bicyclic) bond motifs is 3. The standard InChI is InChI=1S/C15H19N5O3/c1-9-12(10(2)23-17-9)5-15(21)19-4-3-14-13(7-19)20-11(8-22-14)6-16-18-20/h6,13-14H,3-5,7-8H2,1-2H3/t13-,14-/m1/s1. The maximum absolute atomic E-state index is 12.7. The second kappa shape index (κ2) is 5.45. The minimum Gasteiger partial charge on any atom is -0.370 e. The Hall–Kier alpha value is -2.22. The van der Waals surface area contributed by atoms with Gasteiger partial charge in [-0.2, -0.15) is 0 Å². The molecule has 2 atom stereocenters. The Labute approximate surface area is 133 Å². The van der Waals surface area contributed by atoms with Gasteiger partial charge in [0.1, 0.15) is 5.76 Å². The third-order valence-electron chi connectivity index (χ3n) is 4.79. The van der Waals surface area contributed by atoms with Gasteiger partial charge in [-0.25, -0.2) is 4.68 Å². The lowest BCUT2D eigenvalue weighted by atomic mass is 9.99. The van der Waals surface area contributed by atoms with Crippen molar-refractivity contribution < 1.29 is 14.1 Å². The summed E-state index contributed by atoms with van der Waals surface area (Å²) >= 11 is 0. The highest BCUT2D eigenvalue weighted by atomic mass is 16.5. The van der Waals surface area contributed by atoms with Gasteiger partial charge in [0.25, 0.3) is 0 Å². The van der Waals surface area contributed by atoms with Crippen molar-refractivity contribution in [3.05, 3.63) is 28.9 Å². The summed E-state index contributed by atoms with van der Waals surface area (Å²) in [4.78, 5) is 14.5. The number of rotatable bonds is 2. The van der Waals surface area contributed by atoms with E-state index in [0.29, 0.717) is 31.9 Å². The number of aryl methyl sites for hydroxylation is 2. The Balaban J connectivity index is 1.50. The molecule has 4 heterocycles. The minimum atomic E-state index is 0.0450. The van der Waals surface area contributed by atoms with E-state index in [4.69, 9.17) is 9.26 Å². The van der Waals surface area contributed by atoms with E-state index in [1.165, 1.54) is 0 Å². The molecule has 1 amide bonds. The van der Waals surface area contributed by atoms with Crippen LogP contribution in [0.1, 0.15) is 35.2 Å². The van der Waals surface area contributed by atoms with E-state index in [0.717, 1.165) is 23.4 Å². The molecule has 0 aromatic carbocycles. The van der Waals surface area contributed by atoms with Crippen LogP contribution < -0.4 is 0 Å². The summed E-state index contributed by atoms with van der Waals surface area (Å²) in [5.41, 5.74) is 2.63. The summed E-state index contributed by atoms with van der Waals surface area (Å²) in [6, 6.07) is 0.0450. The van der Waals surface area contributed by atoms with Crippen LogP contribution in [0.4, 0.5) is 0 Å². The average Bonchev–Trinajstić information content (AvgIpc) is 3.16. The number of nitrogens with zero attached hydrogens (tertiary/aromatic N) is 5. The molecule has 8 nitrogen and oxygen atoms in total. The number of piperidine rings is 1. The molecule has 0 unspecified atom stereocenters. The first-order valence-electron chi connectivity index (χ1n) is 7.83. The number of ether oxygens (including phenoxy) is 1. The molecule has 0 saturated carbocycles. The topological polar surface area (TPSA) is 86.3 Å². The molecule has 0 radical (unpaired) electrons. The molecule has 23 heavy (non-hydrogen) atoms. The van der Waals surface area contributed by atoms with Crippen LogP contribution in [0.25, 0.3) is 0 Å². The average molecular weight is 317 g/mol. The molecule has 2 aliphatic heterocycles. The Morgan fingerprint density at radius 1 is 1.43 bits per heavy atom. The quantitative estimate of drug-likeness (QED) is 0.814. The third-order valence-corrected chi connectivity index (χ3v) is 4.79. The Morgan fingerprint density at radius 2 is 2.30 bits per heavy atom. The molecule has 1 fully saturated rings. The molecule has 122 valence electrons. The first-order chi connectivity index (χ1) is 11.1. The van der Waals surface area contributed by atoms with Gasteiger partial charge in [0.05, 0.1) is 42.8 Å². The molecule has 0 N–H and O–H groups in total. The van der Waals surface area contributed by atoms with Gasteiger partial charge in [0.15, 0.2) is 0 Å². The zero-order valence-corrected chi connectivity index (χ0v) is 13.2. The maximum atomic E-state index is 12.7. The summed E-state index contributed by atoms with van der Waals surface area (Å²) in [5, 5.41) is 12.0. The molecule has 2 aromatic rings. The summed E-state index contributed by atoms with van der Waals surface area (Å²) in [7, 11) is 0. The molecule has 8 heteroatoms. The van der Waals surface area contributed by atoms with Crippen molar-refractivity contribution in [1.29, 1.82) is 0 Å². The van der Waals surface area contributed by atoms with Gasteiger partial charge in [0, 0.05) is 18.7 Å². The molecule has 0 aliphatic carbocycles. The predicted octanol–water partition coefficient (Wildman–Crippen LogP) is 0.798. The fourth-order valence-corrected chi connectivity index (χ4v) is 3.42. The number of likely N-dealkylation sites (tertiary alicyclic amines) is 1. The summed E-state index contributed by atoms with van der Waals surface area (Å²) in [6.07, 6.45) is 2.97. The van der Waals surface area contributed by atoms with E-state index in [1.807, 2.05) is 23.4 Å². The largest absolute Gasteiger partial charge is 0.370 e. The first kappa shape index (κ1) is 14.4. The van der Waals surface area contributed by atoms with Crippen LogP contribution in [0, 0.1) is 13.8 Å². The fourth-order valence-electron chi connectivity index (χ4n) is 3.42. The van der Waals surface area contributed by atoms with Crippen LogP contribution in [0.5, 0.6) is 0 Å². The van der Waals surface area contributed by atoms with Crippen molar-refractivity contribution in [2.45, 2.75) is 45.4 Å². The van der Waals surface area contributed by atoms with E-state index >= 15 is 0 Å². The van der Waals surface area contributed by atoms with Crippen molar-refractivity contribution in [2.24, 2.45) is 0 Å². The zero-order chi connectivity index (χ0) is 16.0. The minimum absolute atomic E-state index is 0.0450. The highest BCUT2D eigenvalue weighted by Crippen LogP contribution is 2.30. The zero-order valence-electron chi connectivity index (χ0n) is 13.2. The maximum Gasteiger partial charge on any atom is 0.227 e. The number of amides is 1. The van der Waals surface area contributed by atoms with Crippen molar-refractivity contribution >= 4 is 5.91 Å². The molecular formula is C15H19N5O3. The van der Waals surface area contributed by atoms with E-state index < -0.39 is 0 Å². The molecule has 0 spiro atoms. The number of aromatic nitrogens is 4. The predicted molar refractivity (Wildman–Crippen MR) is 78.5 cm³/mol. The van der Waals surface area contributed by atoms with Crippen molar-refractivity contribution in [3.8, 4) is 0 Å².